The second-order valence-electron chi connectivity index (χ2n) is 6.22. The van der Waals surface area contributed by atoms with E-state index in [1.807, 2.05) is 42.5 Å². The normalized spacial score (nSPS) is 10.9. The number of nitrogens with zero attached hydrogens (tertiary/aromatic N) is 2. The number of aromatic nitrogens is 2. The number of aromatic hydroxyl groups is 1. The predicted molar refractivity (Wildman–Crippen MR) is 104 cm³/mol. The van der Waals surface area contributed by atoms with Crippen LogP contribution in [-0.2, 0) is 4.79 Å². The molecule has 28 heavy (non-hydrogen) atoms. The van der Waals surface area contributed by atoms with Crippen molar-refractivity contribution in [1.82, 2.24) is 15.3 Å². The van der Waals surface area contributed by atoms with Gasteiger partial charge < -0.3 is 15.5 Å². The number of aliphatic carboxylic acids is 1. The Balaban J connectivity index is 1.72. The largest absolute Gasteiger partial charge is 0.505 e. The lowest BCUT2D eigenvalue weighted by molar-refractivity contribution is -0.135. The molecule has 2 aromatic carbocycles. The Morgan fingerprint density at radius 3 is 2.57 bits per heavy atom. The van der Waals surface area contributed by atoms with E-state index in [0.717, 1.165) is 16.3 Å². The van der Waals surface area contributed by atoms with Gasteiger partial charge in [-0.3, -0.25) is 9.59 Å². The molecular formula is C21H15N3O4. The number of carbonyl (C=O) groups excluding carboxylic acids is 1. The van der Waals surface area contributed by atoms with Crippen LogP contribution in [0.15, 0.2) is 60.8 Å². The fraction of sp³-hybridized carbons (Fsp3) is 0.0476. The van der Waals surface area contributed by atoms with Crippen LogP contribution in [0.3, 0.4) is 0 Å². The molecule has 0 bridgehead atoms. The molecule has 4 aromatic rings. The zero-order chi connectivity index (χ0) is 19.7. The third-order valence-electron chi connectivity index (χ3n) is 4.38. The number of rotatable bonds is 4. The number of carbonyl (C=O) groups is 2. The minimum atomic E-state index is -1.18. The van der Waals surface area contributed by atoms with E-state index < -0.39 is 18.4 Å². The maximum atomic E-state index is 12.0. The summed E-state index contributed by atoms with van der Waals surface area (Å²) in [7, 11) is 0. The Bertz CT molecular complexity index is 1240. The minimum absolute atomic E-state index is 0.242. The van der Waals surface area contributed by atoms with E-state index >= 15 is 0 Å². The Morgan fingerprint density at radius 1 is 1.00 bits per heavy atom. The van der Waals surface area contributed by atoms with Gasteiger partial charge in [0.25, 0.3) is 5.91 Å². The van der Waals surface area contributed by atoms with Crippen LogP contribution < -0.4 is 5.32 Å². The maximum Gasteiger partial charge on any atom is 0.322 e. The van der Waals surface area contributed by atoms with Crippen molar-refractivity contribution in [3.8, 4) is 17.0 Å². The molecule has 0 saturated carbocycles. The summed E-state index contributed by atoms with van der Waals surface area (Å²) in [5.41, 5.74) is 1.82. The van der Waals surface area contributed by atoms with Gasteiger partial charge in [0, 0.05) is 10.9 Å². The summed E-state index contributed by atoms with van der Waals surface area (Å²) in [6.07, 6.45) is 1.38. The van der Waals surface area contributed by atoms with Gasteiger partial charge in [-0.25, -0.2) is 9.97 Å². The van der Waals surface area contributed by atoms with Crippen molar-refractivity contribution >= 4 is 33.6 Å². The van der Waals surface area contributed by atoms with Crippen molar-refractivity contribution in [2.45, 2.75) is 0 Å². The van der Waals surface area contributed by atoms with Crippen LogP contribution in [-0.4, -0.2) is 38.6 Å². The van der Waals surface area contributed by atoms with Gasteiger partial charge in [0.05, 0.1) is 17.4 Å². The number of fused-ring (bicyclic) bond motifs is 2. The van der Waals surface area contributed by atoms with Crippen LogP contribution in [0.1, 0.15) is 10.5 Å². The first-order valence-corrected chi connectivity index (χ1v) is 8.51. The molecule has 1 amide bonds. The third kappa shape index (κ3) is 3.21. The van der Waals surface area contributed by atoms with E-state index in [-0.39, 0.29) is 11.4 Å². The molecular weight excluding hydrogens is 358 g/mol. The maximum absolute atomic E-state index is 12.0. The molecule has 0 atom stereocenters. The Labute approximate surface area is 159 Å². The Hall–Kier alpha value is -4.00. The molecule has 0 aliphatic rings. The van der Waals surface area contributed by atoms with E-state index in [2.05, 4.69) is 15.3 Å². The monoisotopic (exact) mass is 373 g/mol. The van der Waals surface area contributed by atoms with Gasteiger partial charge in [-0.2, -0.15) is 0 Å². The van der Waals surface area contributed by atoms with Crippen molar-refractivity contribution in [2.75, 3.05) is 6.54 Å². The summed E-state index contributed by atoms with van der Waals surface area (Å²) in [6.45, 7) is -0.558. The summed E-state index contributed by atoms with van der Waals surface area (Å²) < 4.78 is 0. The van der Waals surface area contributed by atoms with Crippen molar-refractivity contribution in [2.24, 2.45) is 0 Å². The highest BCUT2D eigenvalue weighted by molar-refractivity contribution is 6.01. The topological polar surface area (TPSA) is 112 Å². The van der Waals surface area contributed by atoms with E-state index in [9.17, 15) is 14.7 Å². The number of nitrogens with one attached hydrogen (secondary N) is 1. The fourth-order valence-electron chi connectivity index (χ4n) is 3.00. The van der Waals surface area contributed by atoms with Crippen LogP contribution >= 0.6 is 0 Å². The highest BCUT2D eigenvalue weighted by Crippen LogP contribution is 2.29. The zero-order valence-corrected chi connectivity index (χ0v) is 14.6. The highest BCUT2D eigenvalue weighted by atomic mass is 16.4. The van der Waals surface area contributed by atoms with E-state index in [0.29, 0.717) is 16.6 Å². The second-order valence-corrected chi connectivity index (χ2v) is 6.22. The Morgan fingerprint density at radius 2 is 1.79 bits per heavy atom. The molecule has 2 aromatic heterocycles. The molecule has 0 radical (unpaired) electrons. The number of amides is 1. The molecule has 0 unspecified atom stereocenters. The molecule has 0 saturated heterocycles. The molecule has 3 N–H and O–H groups in total. The molecule has 0 spiro atoms. The number of benzene rings is 2. The van der Waals surface area contributed by atoms with Crippen LogP contribution in [0.25, 0.3) is 32.9 Å². The van der Waals surface area contributed by atoms with E-state index in [4.69, 9.17) is 5.11 Å². The number of hydrogen-bond acceptors (Lipinski definition) is 5. The molecule has 4 rings (SSSR count). The standard InChI is InChI=1S/C21H15N3O4/c25-18(26)11-23-21(28)19-20(27)15-7-8-16(24-17(15)10-22-19)14-6-5-12-3-1-2-4-13(12)9-14/h1-10,27H,11H2,(H,23,28)(H,25,26). The van der Waals surface area contributed by atoms with Gasteiger partial charge in [0.15, 0.2) is 11.4 Å². The van der Waals surface area contributed by atoms with Gasteiger partial charge in [0.2, 0.25) is 0 Å². The van der Waals surface area contributed by atoms with Crippen molar-refractivity contribution < 1.29 is 19.8 Å². The van der Waals surface area contributed by atoms with Gasteiger partial charge in [-0.1, -0.05) is 36.4 Å². The van der Waals surface area contributed by atoms with Gasteiger partial charge in [0.1, 0.15) is 6.54 Å². The molecule has 7 nitrogen and oxygen atoms in total. The van der Waals surface area contributed by atoms with Crippen molar-refractivity contribution in [1.29, 1.82) is 0 Å². The SMILES string of the molecule is O=C(O)CNC(=O)c1ncc2nc(-c3ccc4ccccc4c3)ccc2c1O. The third-order valence-corrected chi connectivity index (χ3v) is 4.38. The molecule has 0 aliphatic carbocycles. The lowest BCUT2D eigenvalue weighted by Gasteiger charge is -2.09. The summed E-state index contributed by atoms with van der Waals surface area (Å²) in [6, 6.07) is 17.4. The van der Waals surface area contributed by atoms with Crippen LogP contribution in [0.2, 0.25) is 0 Å². The fourth-order valence-corrected chi connectivity index (χ4v) is 3.00. The van der Waals surface area contributed by atoms with Gasteiger partial charge >= 0.3 is 5.97 Å². The average molecular weight is 373 g/mol. The molecule has 7 heteroatoms. The Kier molecular flexibility index (Phi) is 4.33. The van der Waals surface area contributed by atoms with Crippen molar-refractivity contribution in [3.05, 3.63) is 66.5 Å². The molecule has 138 valence electrons. The quantitative estimate of drug-likeness (QED) is 0.507. The minimum Gasteiger partial charge on any atom is -0.505 e. The van der Waals surface area contributed by atoms with Gasteiger partial charge in [-0.05, 0) is 29.0 Å². The summed E-state index contributed by atoms with van der Waals surface area (Å²) in [5.74, 6) is -2.28. The average Bonchev–Trinajstić information content (AvgIpc) is 2.71. The summed E-state index contributed by atoms with van der Waals surface area (Å²) >= 11 is 0. The highest BCUT2D eigenvalue weighted by Gasteiger charge is 2.17. The molecule has 2 heterocycles. The number of carboxylic acid groups (broad SMARTS) is 1. The first-order chi connectivity index (χ1) is 13.5. The smallest absolute Gasteiger partial charge is 0.322 e. The first-order valence-electron chi connectivity index (χ1n) is 8.51. The number of carboxylic acids is 1. The summed E-state index contributed by atoms with van der Waals surface area (Å²) in [5, 5.41) is 23.8. The number of pyridine rings is 2. The lowest BCUT2D eigenvalue weighted by atomic mass is 10.0. The van der Waals surface area contributed by atoms with Crippen LogP contribution in [0, 0.1) is 0 Å². The second kappa shape index (κ2) is 6.96. The van der Waals surface area contributed by atoms with Crippen LogP contribution in [0.4, 0.5) is 0 Å². The molecule has 0 fully saturated rings. The lowest BCUT2D eigenvalue weighted by Crippen LogP contribution is -2.29. The first kappa shape index (κ1) is 17.4. The van der Waals surface area contributed by atoms with Crippen LogP contribution in [0.5, 0.6) is 5.75 Å². The van der Waals surface area contributed by atoms with Crippen molar-refractivity contribution in [3.63, 3.8) is 0 Å². The molecule has 0 aliphatic heterocycles. The zero-order valence-electron chi connectivity index (χ0n) is 14.6. The van der Waals surface area contributed by atoms with E-state index in [1.54, 1.807) is 12.1 Å². The van der Waals surface area contributed by atoms with E-state index in [1.165, 1.54) is 6.20 Å². The van der Waals surface area contributed by atoms with Gasteiger partial charge in [-0.15, -0.1) is 0 Å². The predicted octanol–water partition coefficient (Wildman–Crippen LogP) is 2.97. The number of hydrogen-bond donors (Lipinski definition) is 3. The summed E-state index contributed by atoms with van der Waals surface area (Å²) in [4.78, 5) is 31.1.